The van der Waals surface area contributed by atoms with Crippen molar-refractivity contribution in [1.82, 2.24) is 9.80 Å². The lowest BCUT2D eigenvalue weighted by Gasteiger charge is -2.31. The third kappa shape index (κ3) is 12.1. The van der Waals surface area contributed by atoms with Crippen LogP contribution in [0.4, 0.5) is 13.2 Å². The summed E-state index contributed by atoms with van der Waals surface area (Å²) in [5.41, 5.74) is 9.01. The minimum Gasteiger partial charge on any atom is -0.449 e. The van der Waals surface area contributed by atoms with Crippen molar-refractivity contribution in [2.45, 2.75) is 86.7 Å². The van der Waals surface area contributed by atoms with Crippen molar-refractivity contribution in [2.75, 3.05) is 6.61 Å². The number of ether oxygens (including phenoxy) is 1. The average Bonchev–Trinajstić information content (AvgIpc) is 2.93. The Morgan fingerprint density at radius 1 is 0.721 bits per heavy atom. The number of aryl methyl sites for hydroxylation is 2. The molecule has 0 aliphatic carbocycles. The summed E-state index contributed by atoms with van der Waals surface area (Å²) in [5, 5.41) is 0. The van der Waals surface area contributed by atoms with Gasteiger partial charge >= 0.3 is 29.9 Å². The molecule has 2 atom stereocenters. The minimum absolute atomic E-state index is 0.0217. The molecule has 0 bridgehead atoms. The van der Waals surface area contributed by atoms with E-state index in [4.69, 9.17) is 5.73 Å². The number of rotatable bonds is 9. The summed E-state index contributed by atoms with van der Waals surface area (Å²) in [6.07, 6.45) is -4.67. The van der Waals surface area contributed by atoms with Crippen molar-refractivity contribution in [1.29, 1.82) is 0 Å². The molecule has 0 saturated carbocycles. The van der Waals surface area contributed by atoms with Gasteiger partial charge in [-0.05, 0) is 61.8 Å². The van der Waals surface area contributed by atoms with E-state index in [0.717, 1.165) is 22.3 Å². The highest BCUT2D eigenvalue weighted by Crippen LogP contribution is 2.20. The summed E-state index contributed by atoms with van der Waals surface area (Å²) in [7, 11) is 0. The number of alkyl halides is 3. The number of carbonyl (C=O) groups is 4. The second-order valence-electron chi connectivity index (χ2n) is 11.2. The molecule has 0 heterocycles. The van der Waals surface area contributed by atoms with Crippen LogP contribution in [0.3, 0.4) is 0 Å². The molecule has 3 amide bonds. The van der Waals surface area contributed by atoms with Crippen LogP contribution in [0, 0.1) is 25.7 Å². The van der Waals surface area contributed by atoms with Crippen molar-refractivity contribution in [2.24, 2.45) is 17.6 Å². The van der Waals surface area contributed by atoms with Gasteiger partial charge in [0.25, 0.3) is 0 Å². The van der Waals surface area contributed by atoms with Crippen molar-refractivity contribution < 1.29 is 37.1 Å². The van der Waals surface area contributed by atoms with E-state index in [-0.39, 0.29) is 30.5 Å². The SMILES string of the molecule is Cc1ccccc1CN(C(=O)C(=O)OCC(F)(F)F)[C@H](C)C(C)C.Cc1ccccc1CN(C(=O)C(N)=O)[C@H](C)C(C)C. The topological polar surface area (TPSA) is 110 Å². The number of esters is 1. The fraction of sp³-hybridized carbons (Fsp3) is 0.500. The number of benzene rings is 2. The van der Waals surface area contributed by atoms with Gasteiger partial charge in [-0.3, -0.25) is 14.4 Å². The van der Waals surface area contributed by atoms with E-state index >= 15 is 0 Å². The maximum atomic E-state index is 12.3. The van der Waals surface area contributed by atoms with E-state index in [1.807, 2.05) is 90.9 Å². The molecule has 0 aromatic heterocycles. The Hall–Kier alpha value is -3.89. The van der Waals surface area contributed by atoms with E-state index in [9.17, 15) is 32.3 Å². The normalized spacial score (nSPS) is 12.6. The molecule has 2 aromatic carbocycles. The molecule has 0 radical (unpaired) electrons. The molecule has 0 unspecified atom stereocenters. The molecule has 238 valence electrons. The second-order valence-corrected chi connectivity index (χ2v) is 11.2. The van der Waals surface area contributed by atoms with E-state index < -0.39 is 36.5 Å². The third-order valence-electron chi connectivity index (χ3n) is 7.39. The van der Waals surface area contributed by atoms with Crippen LogP contribution in [0.1, 0.15) is 63.8 Å². The summed E-state index contributed by atoms with van der Waals surface area (Å²) >= 11 is 0. The van der Waals surface area contributed by atoms with E-state index in [0.29, 0.717) is 6.54 Å². The number of halogens is 3. The zero-order valence-corrected chi connectivity index (χ0v) is 26.2. The maximum Gasteiger partial charge on any atom is 0.422 e. The Bertz CT molecular complexity index is 1250. The number of hydrogen-bond acceptors (Lipinski definition) is 5. The number of nitrogens with zero attached hydrogens (tertiary/aromatic N) is 2. The predicted octanol–water partition coefficient (Wildman–Crippen LogP) is 5.33. The largest absolute Gasteiger partial charge is 0.449 e. The van der Waals surface area contributed by atoms with Gasteiger partial charge in [0, 0.05) is 25.2 Å². The fourth-order valence-corrected chi connectivity index (χ4v) is 3.93. The van der Waals surface area contributed by atoms with E-state index in [1.54, 1.807) is 17.9 Å². The zero-order valence-electron chi connectivity index (χ0n) is 26.2. The van der Waals surface area contributed by atoms with E-state index in [2.05, 4.69) is 4.74 Å². The van der Waals surface area contributed by atoms with Crippen LogP contribution in [0.2, 0.25) is 0 Å². The molecule has 0 fully saturated rings. The highest BCUT2D eigenvalue weighted by atomic mass is 19.4. The van der Waals surface area contributed by atoms with Crippen LogP contribution in [0.5, 0.6) is 0 Å². The van der Waals surface area contributed by atoms with Gasteiger partial charge in [0.1, 0.15) is 0 Å². The standard InChI is InChI=1S/C17H22F3NO3.C15H22N2O2/c1-11(2)13(4)21(9-14-8-6-5-7-12(14)3)15(22)16(23)24-10-17(18,19)20;1-10(2)12(4)17(15(19)14(16)18)9-13-8-6-5-7-11(13)3/h5-8,11,13H,9-10H2,1-4H3;5-8,10,12H,9H2,1-4H3,(H2,16,18)/t13-;12-/m11/s1. The lowest BCUT2D eigenvalue weighted by Crippen LogP contribution is -2.46. The summed E-state index contributed by atoms with van der Waals surface area (Å²) in [6.45, 7) is 14.1. The molecule has 2 aromatic rings. The van der Waals surface area contributed by atoms with Crippen LogP contribution >= 0.6 is 0 Å². The van der Waals surface area contributed by atoms with Crippen molar-refractivity contribution in [3.8, 4) is 0 Å². The van der Waals surface area contributed by atoms with Crippen LogP contribution in [0.25, 0.3) is 0 Å². The van der Waals surface area contributed by atoms with Crippen molar-refractivity contribution in [3.05, 3.63) is 70.8 Å². The number of amides is 3. The van der Waals surface area contributed by atoms with Gasteiger partial charge in [0.2, 0.25) is 0 Å². The molecular formula is C32H44F3N3O5. The monoisotopic (exact) mass is 607 g/mol. The lowest BCUT2D eigenvalue weighted by atomic mass is 10.0. The molecule has 2 N–H and O–H groups in total. The highest BCUT2D eigenvalue weighted by Gasteiger charge is 2.34. The van der Waals surface area contributed by atoms with Crippen molar-refractivity contribution >= 4 is 23.7 Å². The lowest BCUT2D eigenvalue weighted by molar-refractivity contribution is -0.190. The Morgan fingerprint density at radius 3 is 1.42 bits per heavy atom. The first-order valence-corrected chi connectivity index (χ1v) is 14.1. The fourth-order valence-electron chi connectivity index (χ4n) is 3.93. The van der Waals surface area contributed by atoms with Gasteiger partial charge < -0.3 is 20.3 Å². The summed E-state index contributed by atoms with van der Waals surface area (Å²) in [5.74, 6) is -3.80. The molecular weight excluding hydrogens is 563 g/mol. The quantitative estimate of drug-likeness (QED) is 0.306. The summed E-state index contributed by atoms with van der Waals surface area (Å²) < 4.78 is 40.6. The first-order valence-electron chi connectivity index (χ1n) is 14.1. The first kappa shape index (κ1) is 37.1. The van der Waals surface area contributed by atoms with Gasteiger partial charge in [-0.1, -0.05) is 76.2 Å². The smallest absolute Gasteiger partial charge is 0.422 e. The zero-order chi connectivity index (χ0) is 33.1. The molecule has 0 aliphatic rings. The molecule has 11 heteroatoms. The Labute approximate surface area is 252 Å². The van der Waals surface area contributed by atoms with Gasteiger partial charge in [-0.25, -0.2) is 4.79 Å². The van der Waals surface area contributed by atoms with Crippen LogP contribution < -0.4 is 5.73 Å². The average molecular weight is 608 g/mol. The molecule has 0 aliphatic heterocycles. The van der Waals surface area contributed by atoms with Gasteiger partial charge in [-0.2, -0.15) is 13.2 Å². The third-order valence-corrected chi connectivity index (χ3v) is 7.39. The van der Waals surface area contributed by atoms with Crippen molar-refractivity contribution in [3.63, 3.8) is 0 Å². The van der Waals surface area contributed by atoms with Crippen LogP contribution in [-0.2, 0) is 37.0 Å². The molecule has 0 saturated heterocycles. The van der Waals surface area contributed by atoms with E-state index in [1.165, 1.54) is 4.90 Å². The number of nitrogens with two attached hydrogens (primary N) is 1. The molecule has 8 nitrogen and oxygen atoms in total. The van der Waals surface area contributed by atoms with Gasteiger partial charge in [-0.15, -0.1) is 0 Å². The van der Waals surface area contributed by atoms with Crippen LogP contribution in [-0.4, -0.2) is 58.4 Å². The second kappa shape index (κ2) is 16.7. The van der Waals surface area contributed by atoms with Crippen LogP contribution in [0.15, 0.2) is 48.5 Å². The minimum atomic E-state index is -4.67. The maximum absolute atomic E-state index is 12.3. The first-order chi connectivity index (χ1) is 19.9. The number of hydrogen-bond donors (Lipinski definition) is 1. The molecule has 2 rings (SSSR count). The highest BCUT2D eigenvalue weighted by molar-refractivity contribution is 6.34. The predicted molar refractivity (Wildman–Crippen MR) is 158 cm³/mol. The number of primary amides is 1. The molecule has 43 heavy (non-hydrogen) atoms. The van der Waals surface area contributed by atoms with Gasteiger partial charge in [0.15, 0.2) is 6.61 Å². The Balaban J connectivity index is 0.000000442. The summed E-state index contributed by atoms with van der Waals surface area (Å²) in [4.78, 5) is 50.0. The Morgan fingerprint density at radius 2 is 1.09 bits per heavy atom. The molecule has 0 spiro atoms. The van der Waals surface area contributed by atoms with Gasteiger partial charge in [0.05, 0.1) is 0 Å². The Kier molecular flexibility index (Phi) is 14.4. The summed E-state index contributed by atoms with van der Waals surface area (Å²) in [6, 6.07) is 14.8. The number of carbonyl (C=O) groups excluding carboxylic acids is 4.